The van der Waals surface area contributed by atoms with Crippen molar-refractivity contribution in [3.05, 3.63) is 38.9 Å². The number of aryl methyl sites for hydroxylation is 1. The van der Waals surface area contributed by atoms with Crippen LogP contribution in [-0.4, -0.2) is 9.97 Å². The third-order valence-electron chi connectivity index (χ3n) is 3.46. The molecule has 2 heterocycles. The van der Waals surface area contributed by atoms with Crippen LogP contribution in [0.15, 0.2) is 18.5 Å². The number of alkyl halides is 3. The van der Waals surface area contributed by atoms with E-state index in [1.807, 2.05) is 6.92 Å². The summed E-state index contributed by atoms with van der Waals surface area (Å²) in [6, 6.07) is 0.842. The van der Waals surface area contributed by atoms with E-state index < -0.39 is 11.7 Å². The van der Waals surface area contributed by atoms with Gasteiger partial charge in [0.2, 0.25) is 0 Å². The molecular weight excluding hydrogens is 335 g/mol. The standard InChI is InChI=1S/C14H13ClF3N3S/c1-7-5-20-13(22-7)11(8-2-3-8)21-12-10(15)4-9(6-19-12)14(16,17)18/h4-6,8,11H,2-3H2,1H3,(H,19,21). The van der Waals surface area contributed by atoms with E-state index in [0.717, 1.165) is 35.0 Å². The zero-order chi connectivity index (χ0) is 15.9. The average Bonchev–Trinajstić information content (AvgIpc) is 3.18. The largest absolute Gasteiger partial charge is 0.417 e. The monoisotopic (exact) mass is 347 g/mol. The number of aromatic nitrogens is 2. The van der Waals surface area contributed by atoms with Gasteiger partial charge in [0.1, 0.15) is 10.8 Å². The molecule has 1 atom stereocenters. The number of halogens is 4. The summed E-state index contributed by atoms with van der Waals surface area (Å²) in [5.74, 6) is 0.685. The SMILES string of the molecule is Cc1cnc(C(Nc2ncc(C(F)(F)F)cc2Cl)C2CC2)s1. The van der Waals surface area contributed by atoms with Crippen molar-refractivity contribution in [2.45, 2.75) is 32.0 Å². The van der Waals surface area contributed by atoms with Crippen molar-refractivity contribution in [3.63, 3.8) is 0 Å². The molecule has 118 valence electrons. The second kappa shape index (κ2) is 5.70. The molecule has 1 fully saturated rings. The summed E-state index contributed by atoms with van der Waals surface area (Å²) >= 11 is 7.53. The van der Waals surface area contributed by atoms with Crippen LogP contribution in [0.3, 0.4) is 0 Å². The third kappa shape index (κ3) is 3.35. The molecule has 1 aliphatic carbocycles. The van der Waals surface area contributed by atoms with Crippen LogP contribution in [0.5, 0.6) is 0 Å². The first-order valence-electron chi connectivity index (χ1n) is 6.76. The van der Waals surface area contributed by atoms with E-state index >= 15 is 0 Å². The Morgan fingerprint density at radius 3 is 2.55 bits per heavy atom. The molecule has 8 heteroatoms. The maximum Gasteiger partial charge on any atom is 0.417 e. The van der Waals surface area contributed by atoms with Crippen molar-refractivity contribution in [2.75, 3.05) is 5.32 Å². The maximum atomic E-state index is 12.6. The van der Waals surface area contributed by atoms with Gasteiger partial charge < -0.3 is 5.32 Å². The zero-order valence-electron chi connectivity index (χ0n) is 11.6. The molecule has 0 radical (unpaired) electrons. The highest BCUT2D eigenvalue weighted by molar-refractivity contribution is 7.11. The Morgan fingerprint density at radius 2 is 2.05 bits per heavy atom. The minimum absolute atomic E-state index is 0.0336. The van der Waals surface area contributed by atoms with E-state index in [1.165, 1.54) is 0 Å². The lowest BCUT2D eigenvalue weighted by Crippen LogP contribution is -2.15. The number of hydrogen-bond donors (Lipinski definition) is 1. The van der Waals surface area contributed by atoms with Crippen LogP contribution < -0.4 is 5.32 Å². The van der Waals surface area contributed by atoms with E-state index in [1.54, 1.807) is 17.5 Å². The Kier molecular flexibility index (Phi) is 4.03. The first-order valence-corrected chi connectivity index (χ1v) is 7.95. The van der Waals surface area contributed by atoms with Crippen LogP contribution in [-0.2, 0) is 6.18 Å². The van der Waals surface area contributed by atoms with Gasteiger partial charge in [0, 0.05) is 17.3 Å². The lowest BCUT2D eigenvalue weighted by atomic mass is 10.2. The highest BCUT2D eigenvalue weighted by Gasteiger charge is 2.36. The summed E-state index contributed by atoms with van der Waals surface area (Å²) in [7, 11) is 0. The molecule has 2 aromatic heterocycles. The fourth-order valence-electron chi connectivity index (χ4n) is 2.17. The zero-order valence-corrected chi connectivity index (χ0v) is 13.2. The predicted octanol–water partition coefficient (Wildman–Crippen LogP) is 5.08. The summed E-state index contributed by atoms with van der Waals surface area (Å²) in [6.07, 6.45) is 0.269. The molecule has 22 heavy (non-hydrogen) atoms. The minimum atomic E-state index is -4.45. The minimum Gasteiger partial charge on any atom is -0.359 e. The molecule has 0 spiro atoms. The Bertz CT molecular complexity index is 682. The number of rotatable bonds is 4. The summed E-state index contributed by atoms with van der Waals surface area (Å²) in [6.45, 7) is 1.97. The topological polar surface area (TPSA) is 37.8 Å². The quantitative estimate of drug-likeness (QED) is 0.837. The number of anilines is 1. The number of pyridine rings is 1. The van der Waals surface area contributed by atoms with E-state index in [-0.39, 0.29) is 16.9 Å². The van der Waals surface area contributed by atoms with Crippen LogP contribution in [0, 0.1) is 12.8 Å². The van der Waals surface area contributed by atoms with E-state index in [9.17, 15) is 13.2 Å². The Balaban J connectivity index is 1.84. The van der Waals surface area contributed by atoms with Crippen LogP contribution in [0.4, 0.5) is 19.0 Å². The van der Waals surface area contributed by atoms with Gasteiger partial charge in [0.05, 0.1) is 16.6 Å². The molecule has 1 aliphatic rings. The molecule has 1 N–H and O–H groups in total. The summed E-state index contributed by atoms with van der Waals surface area (Å²) in [5.41, 5.74) is -0.851. The van der Waals surface area contributed by atoms with Crippen molar-refractivity contribution in [1.82, 2.24) is 9.97 Å². The first-order chi connectivity index (χ1) is 10.3. The Hall–Kier alpha value is -1.34. The molecule has 1 unspecified atom stereocenters. The Morgan fingerprint density at radius 1 is 1.32 bits per heavy atom. The molecule has 2 aromatic rings. The molecule has 0 saturated heterocycles. The molecule has 0 amide bonds. The van der Waals surface area contributed by atoms with Crippen LogP contribution >= 0.6 is 22.9 Å². The maximum absolute atomic E-state index is 12.6. The predicted molar refractivity (Wildman–Crippen MR) is 80.2 cm³/mol. The normalized spacial score (nSPS) is 16.6. The van der Waals surface area contributed by atoms with E-state index in [2.05, 4.69) is 15.3 Å². The number of hydrogen-bond acceptors (Lipinski definition) is 4. The number of thiazole rings is 1. The molecule has 0 aliphatic heterocycles. The first kappa shape index (κ1) is 15.6. The Labute approximate surface area is 134 Å². The average molecular weight is 348 g/mol. The molecule has 0 aromatic carbocycles. The van der Waals surface area contributed by atoms with Gasteiger partial charge in [-0.1, -0.05) is 11.6 Å². The van der Waals surface area contributed by atoms with Crippen molar-refractivity contribution in [3.8, 4) is 0 Å². The lowest BCUT2D eigenvalue weighted by Gasteiger charge is -2.18. The highest BCUT2D eigenvalue weighted by atomic mass is 35.5. The van der Waals surface area contributed by atoms with Gasteiger partial charge in [-0.3, -0.25) is 0 Å². The summed E-state index contributed by atoms with van der Waals surface area (Å²) in [5, 5.41) is 4.04. The van der Waals surface area contributed by atoms with Crippen molar-refractivity contribution >= 4 is 28.8 Å². The van der Waals surface area contributed by atoms with Gasteiger partial charge in [-0.25, -0.2) is 9.97 Å². The summed E-state index contributed by atoms with van der Waals surface area (Å²) in [4.78, 5) is 9.30. The third-order valence-corrected chi connectivity index (χ3v) is 4.74. The molecule has 3 rings (SSSR count). The smallest absolute Gasteiger partial charge is 0.359 e. The van der Waals surface area contributed by atoms with Crippen molar-refractivity contribution in [1.29, 1.82) is 0 Å². The fourth-order valence-corrected chi connectivity index (χ4v) is 3.31. The lowest BCUT2D eigenvalue weighted by molar-refractivity contribution is -0.137. The molecular formula is C14H13ClF3N3S. The van der Waals surface area contributed by atoms with E-state index in [0.29, 0.717) is 5.92 Å². The van der Waals surface area contributed by atoms with Crippen LogP contribution in [0.25, 0.3) is 0 Å². The van der Waals surface area contributed by atoms with Gasteiger partial charge in [-0.15, -0.1) is 11.3 Å². The number of nitrogens with one attached hydrogen (secondary N) is 1. The molecule has 1 saturated carbocycles. The second-order valence-electron chi connectivity index (χ2n) is 5.32. The van der Waals surface area contributed by atoms with Gasteiger partial charge in [0.15, 0.2) is 0 Å². The van der Waals surface area contributed by atoms with Crippen molar-refractivity contribution in [2.24, 2.45) is 5.92 Å². The van der Waals surface area contributed by atoms with Gasteiger partial charge >= 0.3 is 6.18 Å². The van der Waals surface area contributed by atoms with E-state index in [4.69, 9.17) is 11.6 Å². The molecule has 3 nitrogen and oxygen atoms in total. The summed E-state index contributed by atoms with van der Waals surface area (Å²) < 4.78 is 37.9. The van der Waals surface area contributed by atoms with Crippen LogP contribution in [0.2, 0.25) is 5.02 Å². The van der Waals surface area contributed by atoms with Gasteiger partial charge in [-0.2, -0.15) is 13.2 Å². The highest BCUT2D eigenvalue weighted by Crippen LogP contribution is 2.44. The van der Waals surface area contributed by atoms with Gasteiger partial charge in [-0.05, 0) is 31.7 Å². The fraction of sp³-hybridized carbons (Fsp3) is 0.429. The van der Waals surface area contributed by atoms with Crippen LogP contribution in [0.1, 0.15) is 34.3 Å². The van der Waals surface area contributed by atoms with Crippen molar-refractivity contribution < 1.29 is 13.2 Å². The number of nitrogens with zero attached hydrogens (tertiary/aromatic N) is 2. The second-order valence-corrected chi connectivity index (χ2v) is 6.99. The molecule has 0 bridgehead atoms. The van der Waals surface area contributed by atoms with Gasteiger partial charge in [0.25, 0.3) is 0 Å².